The van der Waals surface area contributed by atoms with Gasteiger partial charge < -0.3 is 9.84 Å². The minimum Gasteiger partial charge on any atom is -0.477 e. The third-order valence-electron chi connectivity index (χ3n) is 3.17. The fourth-order valence-electron chi connectivity index (χ4n) is 2.07. The monoisotopic (exact) mass is 285 g/mol. The van der Waals surface area contributed by atoms with E-state index in [4.69, 9.17) is 4.74 Å². The number of aromatic nitrogens is 1. The van der Waals surface area contributed by atoms with Gasteiger partial charge in [-0.15, -0.1) is 0 Å². The highest BCUT2D eigenvalue weighted by molar-refractivity contribution is 5.90. The Morgan fingerprint density at radius 3 is 2.52 bits per heavy atom. The lowest BCUT2D eigenvalue weighted by Gasteiger charge is -2.23. The summed E-state index contributed by atoms with van der Waals surface area (Å²) >= 11 is 0. The molecule has 1 aromatic carbocycles. The molecule has 0 amide bonds. The molecule has 0 radical (unpaired) electrons. The maximum absolute atomic E-state index is 11.2. The standard InChI is InChI=1S/C17H19NO3/c1-11-5-6-15(13(9-11)17(2,3)4)21-14-7-8-18-10-12(14)16(19)20/h5-10H,1-4H3,(H,19,20). The molecule has 0 atom stereocenters. The molecule has 2 rings (SSSR count). The van der Waals surface area contributed by atoms with Crippen LogP contribution in [0.5, 0.6) is 11.5 Å². The molecule has 0 bridgehead atoms. The van der Waals surface area contributed by atoms with Gasteiger partial charge in [0.2, 0.25) is 0 Å². The van der Waals surface area contributed by atoms with Crippen LogP contribution in [0.2, 0.25) is 0 Å². The number of carboxylic acids is 1. The molecule has 0 saturated carbocycles. The van der Waals surface area contributed by atoms with E-state index in [1.165, 1.54) is 12.4 Å². The summed E-state index contributed by atoms with van der Waals surface area (Å²) in [6.07, 6.45) is 2.81. The van der Waals surface area contributed by atoms with E-state index in [1.54, 1.807) is 6.07 Å². The quantitative estimate of drug-likeness (QED) is 0.919. The number of carboxylic acid groups (broad SMARTS) is 1. The fraction of sp³-hybridized carbons (Fsp3) is 0.294. The van der Waals surface area contributed by atoms with Crippen molar-refractivity contribution in [1.82, 2.24) is 4.98 Å². The molecule has 2 aromatic rings. The first-order chi connectivity index (χ1) is 9.79. The van der Waals surface area contributed by atoms with Crippen molar-refractivity contribution in [1.29, 1.82) is 0 Å². The first-order valence-electron chi connectivity index (χ1n) is 6.75. The molecule has 21 heavy (non-hydrogen) atoms. The van der Waals surface area contributed by atoms with Crippen LogP contribution in [0.3, 0.4) is 0 Å². The van der Waals surface area contributed by atoms with Crippen molar-refractivity contribution in [3.63, 3.8) is 0 Å². The summed E-state index contributed by atoms with van der Waals surface area (Å²) < 4.78 is 5.86. The Morgan fingerprint density at radius 2 is 1.90 bits per heavy atom. The van der Waals surface area contributed by atoms with Crippen LogP contribution in [0, 0.1) is 6.92 Å². The third kappa shape index (κ3) is 3.40. The lowest BCUT2D eigenvalue weighted by Crippen LogP contribution is -2.13. The highest BCUT2D eigenvalue weighted by atomic mass is 16.5. The average molecular weight is 285 g/mol. The molecule has 110 valence electrons. The van der Waals surface area contributed by atoms with Gasteiger partial charge in [0.15, 0.2) is 0 Å². The molecule has 1 aromatic heterocycles. The van der Waals surface area contributed by atoms with Crippen molar-refractivity contribution in [2.45, 2.75) is 33.1 Å². The van der Waals surface area contributed by atoms with Crippen molar-refractivity contribution in [2.24, 2.45) is 0 Å². The van der Waals surface area contributed by atoms with Gasteiger partial charge in [-0.3, -0.25) is 4.98 Å². The van der Waals surface area contributed by atoms with E-state index < -0.39 is 5.97 Å². The highest BCUT2D eigenvalue weighted by Crippen LogP contribution is 2.35. The molecule has 1 N–H and O–H groups in total. The molecular weight excluding hydrogens is 266 g/mol. The maximum atomic E-state index is 11.2. The SMILES string of the molecule is Cc1ccc(Oc2ccncc2C(=O)O)c(C(C)(C)C)c1. The number of aryl methyl sites for hydroxylation is 1. The first kappa shape index (κ1) is 15.0. The number of pyridine rings is 1. The number of carbonyl (C=O) groups is 1. The number of ether oxygens (including phenoxy) is 1. The van der Waals surface area contributed by atoms with Crippen LogP contribution in [0.25, 0.3) is 0 Å². The van der Waals surface area contributed by atoms with Gasteiger partial charge in [-0.2, -0.15) is 0 Å². The van der Waals surface area contributed by atoms with Gasteiger partial charge >= 0.3 is 5.97 Å². The van der Waals surface area contributed by atoms with Crippen molar-refractivity contribution in [2.75, 3.05) is 0 Å². The van der Waals surface area contributed by atoms with Crippen molar-refractivity contribution < 1.29 is 14.6 Å². The molecule has 0 unspecified atom stereocenters. The smallest absolute Gasteiger partial charge is 0.341 e. The number of rotatable bonds is 3. The Hall–Kier alpha value is -2.36. The Labute approximate surface area is 124 Å². The second-order valence-corrected chi connectivity index (χ2v) is 6.03. The number of benzene rings is 1. The van der Waals surface area contributed by atoms with E-state index in [9.17, 15) is 9.90 Å². The van der Waals surface area contributed by atoms with Crippen molar-refractivity contribution >= 4 is 5.97 Å². The molecule has 0 fully saturated rings. The Morgan fingerprint density at radius 1 is 1.19 bits per heavy atom. The average Bonchev–Trinajstić information content (AvgIpc) is 2.40. The van der Waals surface area contributed by atoms with Gasteiger partial charge in [0, 0.05) is 24.0 Å². The summed E-state index contributed by atoms with van der Waals surface area (Å²) in [5, 5.41) is 9.20. The Balaban J connectivity index is 2.48. The van der Waals surface area contributed by atoms with Gasteiger partial charge in [0.25, 0.3) is 0 Å². The van der Waals surface area contributed by atoms with E-state index >= 15 is 0 Å². The highest BCUT2D eigenvalue weighted by Gasteiger charge is 2.21. The summed E-state index contributed by atoms with van der Waals surface area (Å²) in [5.41, 5.74) is 2.13. The number of nitrogens with zero attached hydrogens (tertiary/aromatic N) is 1. The summed E-state index contributed by atoms with van der Waals surface area (Å²) in [7, 11) is 0. The second kappa shape index (κ2) is 5.56. The van der Waals surface area contributed by atoms with Crippen LogP contribution in [0.1, 0.15) is 42.3 Å². The normalized spacial score (nSPS) is 11.2. The zero-order valence-electron chi connectivity index (χ0n) is 12.7. The minimum absolute atomic E-state index is 0.0536. The lowest BCUT2D eigenvalue weighted by atomic mass is 9.85. The minimum atomic E-state index is -1.05. The summed E-state index contributed by atoms with van der Waals surface area (Å²) in [4.78, 5) is 15.1. The van der Waals surface area contributed by atoms with Crippen molar-refractivity contribution in [3.8, 4) is 11.5 Å². The van der Waals surface area contributed by atoms with Gasteiger partial charge in [-0.05, 0) is 18.4 Å². The van der Waals surface area contributed by atoms with Crippen LogP contribution >= 0.6 is 0 Å². The Kier molecular flexibility index (Phi) is 3.98. The summed E-state index contributed by atoms with van der Waals surface area (Å²) in [6.45, 7) is 8.31. The molecule has 0 saturated heterocycles. The molecule has 0 spiro atoms. The van der Waals surface area contributed by atoms with Gasteiger partial charge in [-0.25, -0.2) is 4.79 Å². The fourth-order valence-corrected chi connectivity index (χ4v) is 2.07. The molecule has 0 aliphatic carbocycles. The Bertz CT molecular complexity index is 672. The number of hydrogen-bond acceptors (Lipinski definition) is 3. The van der Waals surface area contributed by atoms with Gasteiger partial charge in [0.05, 0.1) is 0 Å². The molecule has 0 aliphatic rings. The van der Waals surface area contributed by atoms with Crippen LogP contribution in [-0.2, 0) is 5.41 Å². The third-order valence-corrected chi connectivity index (χ3v) is 3.17. The molecule has 4 nitrogen and oxygen atoms in total. The number of hydrogen-bond donors (Lipinski definition) is 1. The van der Waals surface area contributed by atoms with Gasteiger partial charge in [0.1, 0.15) is 17.1 Å². The second-order valence-electron chi connectivity index (χ2n) is 6.03. The predicted molar refractivity (Wildman–Crippen MR) is 81.1 cm³/mol. The lowest BCUT2D eigenvalue weighted by molar-refractivity contribution is 0.0693. The predicted octanol–water partition coefficient (Wildman–Crippen LogP) is 4.18. The first-order valence-corrected chi connectivity index (χ1v) is 6.75. The van der Waals surface area contributed by atoms with Crippen LogP contribution in [0.15, 0.2) is 36.7 Å². The zero-order valence-corrected chi connectivity index (χ0v) is 12.7. The topological polar surface area (TPSA) is 59.4 Å². The molecule has 0 aliphatic heterocycles. The van der Waals surface area contributed by atoms with Gasteiger partial charge in [-0.1, -0.05) is 38.5 Å². The van der Waals surface area contributed by atoms with Crippen LogP contribution < -0.4 is 4.74 Å². The van der Waals surface area contributed by atoms with E-state index in [0.717, 1.165) is 11.1 Å². The molecular formula is C17H19NO3. The molecule has 4 heteroatoms. The molecule has 1 heterocycles. The maximum Gasteiger partial charge on any atom is 0.341 e. The van der Waals surface area contributed by atoms with E-state index in [2.05, 4.69) is 31.8 Å². The number of aromatic carboxylic acids is 1. The van der Waals surface area contributed by atoms with Crippen LogP contribution in [0.4, 0.5) is 0 Å². The van der Waals surface area contributed by atoms with E-state index in [0.29, 0.717) is 11.5 Å². The zero-order chi connectivity index (χ0) is 15.6. The van der Waals surface area contributed by atoms with Crippen molar-refractivity contribution in [3.05, 3.63) is 53.3 Å². The largest absolute Gasteiger partial charge is 0.477 e. The summed E-state index contributed by atoms with van der Waals surface area (Å²) in [6, 6.07) is 7.46. The van der Waals surface area contributed by atoms with E-state index in [-0.39, 0.29) is 11.0 Å². The van der Waals surface area contributed by atoms with Crippen LogP contribution in [-0.4, -0.2) is 16.1 Å². The summed E-state index contributed by atoms with van der Waals surface area (Å²) in [5.74, 6) is -0.0869. The van der Waals surface area contributed by atoms with E-state index in [1.807, 2.05) is 19.1 Å².